The Morgan fingerprint density at radius 3 is 2.80 bits per heavy atom. The van der Waals surface area contributed by atoms with E-state index in [0.717, 1.165) is 35.5 Å². The van der Waals surface area contributed by atoms with Crippen LogP contribution in [0.25, 0.3) is 10.6 Å². The molecule has 104 valence electrons. The van der Waals surface area contributed by atoms with Gasteiger partial charge < -0.3 is 4.90 Å². The van der Waals surface area contributed by atoms with Crippen molar-refractivity contribution >= 4 is 17.2 Å². The second-order valence-electron chi connectivity index (χ2n) is 5.30. The minimum absolute atomic E-state index is 0.0879. The van der Waals surface area contributed by atoms with Crippen molar-refractivity contribution < 1.29 is 4.79 Å². The SMILES string of the molecule is CN(C)C(=O)C1CCc2sc(-c3ccncc3)nc2C1. The van der Waals surface area contributed by atoms with Gasteiger partial charge >= 0.3 is 0 Å². The lowest BCUT2D eigenvalue weighted by Gasteiger charge is -2.23. The molecule has 0 bridgehead atoms. The molecule has 1 amide bonds. The molecule has 0 radical (unpaired) electrons. The van der Waals surface area contributed by atoms with E-state index in [4.69, 9.17) is 4.98 Å². The highest BCUT2D eigenvalue weighted by molar-refractivity contribution is 7.15. The summed E-state index contributed by atoms with van der Waals surface area (Å²) in [7, 11) is 3.64. The molecule has 2 aromatic heterocycles. The van der Waals surface area contributed by atoms with E-state index in [-0.39, 0.29) is 11.8 Å². The first-order valence-corrected chi connectivity index (χ1v) is 7.57. The summed E-state index contributed by atoms with van der Waals surface area (Å²) in [6, 6.07) is 3.96. The fourth-order valence-electron chi connectivity index (χ4n) is 2.57. The first-order valence-electron chi connectivity index (χ1n) is 6.75. The predicted molar refractivity (Wildman–Crippen MR) is 79.6 cm³/mol. The van der Waals surface area contributed by atoms with Gasteiger partial charge in [-0.15, -0.1) is 11.3 Å². The zero-order chi connectivity index (χ0) is 14.1. The van der Waals surface area contributed by atoms with Gasteiger partial charge in [-0.2, -0.15) is 0 Å². The smallest absolute Gasteiger partial charge is 0.225 e. The van der Waals surface area contributed by atoms with Crippen LogP contribution in [0.15, 0.2) is 24.5 Å². The van der Waals surface area contributed by atoms with Gasteiger partial charge in [-0.3, -0.25) is 9.78 Å². The summed E-state index contributed by atoms with van der Waals surface area (Å²) < 4.78 is 0. The summed E-state index contributed by atoms with van der Waals surface area (Å²) in [5, 5.41) is 1.04. The summed E-state index contributed by atoms with van der Waals surface area (Å²) in [5.74, 6) is 0.305. The minimum Gasteiger partial charge on any atom is -0.349 e. The maximum Gasteiger partial charge on any atom is 0.225 e. The largest absolute Gasteiger partial charge is 0.349 e. The van der Waals surface area contributed by atoms with Crippen molar-refractivity contribution in [3.8, 4) is 10.6 Å². The van der Waals surface area contributed by atoms with Crippen LogP contribution in [0.4, 0.5) is 0 Å². The van der Waals surface area contributed by atoms with Crippen molar-refractivity contribution in [1.82, 2.24) is 14.9 Å². The standard InChI is InChI=1S/C15H17N3OS/c1-18(2)15(19)11-3-4-13-12(9-11)17-14(20-13)10-5-7-16-8-6-10/h5-8,11H,3-4,9H2,1-2H3. The zero-order valence-corrected chi connectivity index (χ0v) is 12.5. The monoisotopic (exact) mass is 287 g/mol. The zero-order valence-electron chi connectivity index (χ0n) is 11.7. The molecule has 1 aliphatic carbocycles. The quantitative estimate of drug-likeness (QED) is 0.852. The second-order valence-corrected chi connectivity index (χ2v) is 6.38. The minimum atomic E-state index is 0.0879. The lowest BCUT2D eigenvalue weighted by molar-refractivity contribution is -0.133. The Bertz CT molecular complexity index is 621. The van der Waals surface area contributed by atoms with Crippen LogP contribution in [0.5, 0.6) is 0 Å². The molecule has 0 saturated heterocycles. The average Bonchev–Trinajstić information content (AvgIpc) is 2.90. The molecule has 0 N–H and O–H groups in total. The molecule has 0 aliphatic heterocycles. The van der Waals surface area contributed by atoms with E-state index in [1.165, 1.54) is 4.88 Å². The molecule has 1 unspecified atom stereocenters. The normalized spacial score (nSPS) is 17.6. The lowest BCUT2D eigenvalue weighted by atomic mass is 9.90. The van der Waals surface area contributed by atoms with Crippen LogP contribution in [0.3, 0.4) is 0 Å². The number of carbonyl (C=O) groups is 1. The average molecular weight is 287 g/mol. The van der Waals surface area contributed by atoms with E-state index >= 15 is 0 Å². The number of aromatic nitrogens is 2. The number of nitrogens with zero attached hydrogens (tertiary/aromatic N) is 3. The summed E-state index contributed by atoms with van der Waals surface area (Å²) in [6.45, 7) is 0. The van der Waals surface area contributed by atoms with Crippen LogP contribution in [-0.4, -0.2) is 34.9 Å². The van der Waals surface area contributed by atoms with Gasteiger partial charge in [-0.05, 0) is 25.0 Å². The molecule has 20 heavy (non-hydrogen) atoms. The fraction of sp³-hybridized carbons (Fsp3) is 0.400. The second kappa shape index (κ2) is 5.32. The van der Waals surface area contributed by atoms with Gasteiger partial charge in [0.25, 0.3) is 0 Å². The van der Waals surface area contributed by atoms with Gasteiger partial charge in [0.1, 0.15) is 5.01 Å². The Morgan fingerprint density at radius 1 is 1.35 bits per heavy atom. The molecule has 2 heterocycles. The first kappa shape index (κ1) is 13.2. The lowest BCUT2D eigenvalue weighted by Crippen LogP contribution is -2.33. The number of hydrogen-bond acceptors (Lipinski definition) is 4. The Hall–Kier alpha value is -1.75. The van der Waals surface area contributed by atoms with Crippen LogP contribution in [0, 0.1) is 5.92 Å². The summed E-state index contributed by atoms with van der Waals surface area (Å²) in [5.41, 5.74) is 2.21. The van der Waals surface area contributed by atoms with Gasteiger partial charge in [0.05, 0.1) is 5.69 Å². The molecule has 3 rings (SSSR count). The highest BCUT2D eigenvalue weighted by atomic mass is 32.1. The molecule has 1 aliphatic rings. The highest BCUT2D eigenvalue weighted by Gasteiger charge is 2.28. The summed E-state index contributed by atoms with van der Waals surface area (Å²) in [6.07, 6.45) is 6.24. The van der Waals surface area contributed by atoms with Crippen LogP contribution < -0.4 is 0 Å². The van der Waals surface area contributed by atoms with Gasteiger partial charge in [-0.25, -0.2) is 4.98 Å². The van der Waals surface area contributed by atoms with Gasteiger partial charge in [0.15, 0.2) is 0 Å². The molecular weight excluding hydrogens is 270 g/mol. The van der Waals surface area contributed by atoms with E-state index in [9.17, 15) is 4.79 Å². The first-order chi connectivity index (χ1) is 9.65. The Labute approximate surface area is 122 Å². The van der Waals surface area contributed by atoms with E-state index < -0.39 is 0 Å². The van der Waals surface area contributed by atoms with Crippen molar-refractivity contribution in [2.45, 2.75) is 19.3 Å². The van der Waals surface area contributed by atoms with Crippen LogP contribution in [-0.2, 0) is 17.6 Å². The van der Waals surface area contributed by atoms with Crippen molar-refractivity contribution in [1.29, 1.82) is 0 Å². The van der Waals surface area contributed by atoms with E-state index in [2.05, 4.69) is 4.98 Å². The Kier molecular flexibility index (Phi) is 3.53. The number of fused-ring (bicyclic) bond motifs is 1. The third-order valence-electron chi connectivity index (χ3n) is 3.66. The molecule has 0 spiro atoms. The van der Waals surface area contributed by atoms with Gasteiger partial charge in [0.2, 0.25) is 5.91 Å². The highest BCUT2D eigenvalue weighted by Crippen LogP contribution is 2.34. The number of hydrogen-bond donors (Lipinski definition) is 0. The van der Waals surface area contributed by atoms with Crippen molar-refractivity contribution in [2.75, 3.05) is 14.1 Å². The third kappa shape index (κ3) is 2.45. The number of pyridine rings is 1. The molecule has 5 heteroatoms. The molecule has 0 fully saturated rings. The number of carbonyl (C=O) groups excluding carboxylic acids is 1. The summed E-state index contributed by atoms with van der Waals surface area (Å²) in [4.78, 5) is 23.9. The summed E-state index contributed by atoms with van der Waals surface area (Å²) >= 11 is 1.75. The Morgan fingerprint density at radius 2 is 2.10 bits per heavy atom. The molecular formula is C15H17N3OS. The number of thiazole rings is 1. The number of rotatable bonds is 2. The van der Waals surface area contributed by atoms with Crippen LogP contribution in [0.1, 0.15) is 17.0 Å². The van der Waals surface area contributed by atoms with E-state index in [1.54, 1.807) is 28.6 Å². The molecule has 4 nitrogen and oxygen atoms in total. The van der Waals surface area contributed by atoms with Gasteiger partial charge in [-0.1, -0.05) is 0 Å². The van der Waals surface area contributed by atoms with Crippen LogP contribution in [0.2, 0.25) is 0 Å². The van der Waals surface area contributed by atoms with Crippen LogP contribution >= 0.6 is 11.3 Å². The Balaban J connectivity index is 1.85. The van der Waals surface area contributed by atoms with E-state index in [1.807, 2.05) is 26.2 Å². The molecule has 0 aromatic carbocycles. The third-order valence-corrected chi connectivity index (χ3v) is 4.86. The van der Waals surface area contributed by atoms with Crippen molar-refractivity contribution in [3.05, 3.63) is 35.1 Å². The molecule has 1 atom stereocenters. The predicted octanol–water partition coefficient (Wildman–Crippen LogP) is 2.40. The molecule has 2 aromatic rings. The molecule has 0 saturated carbocycles. The number of aryl methyl sites for hydroxylation is 1. The topological polar surface area (TPSA) is 46.1 Å². The fourth-order valence-corrected chi connectivity index (χ4v) is 3.68. The number of amides is 1. The van der Waals surface area contributed by atoms with Crippen molar-refractivity contribution in [2.24, 2.45) is 5.92 Å². The van der Waals surface area contributed by atoms with E-state index in [0.29, 0.717) is 0 Å². The van der Waals surface area contributed by atoms with Gasteiger partial charge in [0, 0.05) is 49.3 Å². The van der Waals surface area contributed by atoms with Crippen molar-refractivity contribution in [3.63, 3.8) is 0 Å². The maximum absolute atomic E-state index is 12.1. The maximum atomic E-state index is 12.1.